The standard InChI is InChI=1S/C12H11ClF3NO/c1-8(18)17-4-2-3-9-5-10(12(14,15)16)7-11(13)6-9/h2-3,5-7H,4H2,1H3,(H,17,18). The Morgan fingerprint density at radius 2 is 2.06 bits per heavy atom. The van der Waals surface area contributed by atoms with Crippen LogP contribution in [0.15, 0.2) is 24.3 Å². The van der Waals surface area contributed by atoms with E-state index >= 15 is 0 Å². The first kappa shape index (κ1) is 14.6. The lowest BCUT2D eigenvalue weighted by Crippen LogP contribution is -2.19. The van der Waals surface area contributed by atoms with Crippen LogP contribution in [0.4, 0.5) is 13.2 Å². The van der Waals surface area contributed by atoms with Gasteiger partial charge in [-0.2, -0.15) is 13.2 Å². The highest BCUT2D eigenvalue weighted by atomic mass is 35.5. The summed E-state index contributed by atoms with van der Waals surface area (Å²) in [4.78, 5) is 10.6. The van der Waals surface area contributed by atoms with Gasteiger partial charge in [-0.1, -0.05) is 23.8 Å². The van der Waals surface area contributed by atoms with Crippen molar-refractivity contribution in [3.63, 3.8) is 0 Å². The average molecular weight is 278 g/mol. The summed E-state index contributed by atoms with van der Waals surface area (Å²) < 4.78 is 37.5. The lowest BCUT2D eigenvalue weighted by Gasteiger charge is -2.08. The van der Waals surface area contributed by atoms with E-state index in [0.717, 1.165) is 12.1 Å². The zero-order valence-corrected chi connectivity index (χ0v) is 10.3. The molecule has 98 valence electrons. The first-order valence-corrected chi connectivity index (χ1v) is 5.45. The monoisotopic (exact) mass is 277 g/mol. The lowest BCUT2D eigenvalue weighted by atomic mass is 10.1. The van der Waals surface area contributed by atoms with Gasteiger partial charge in [0.2, 0.25) is 5.91 Å². The molecular weight excluding hydrogens is 267 g/mol. The van der Waals surface area contributed by atoms with Crippen LogP contribution >= 0.6 is 11.6 Å². The molecule has 1 aromatic carbocycles. The molecule has 1 rings (SSSR count). The molecule has 0 bridgehead atoms. The largest absolute Gasteiger partial charge is 0.416 e. The maximum atomic E-state index is 12.5. The van der Waals surface area contributed by atoms with Crippen LogP contribution in [0.3, 0.4) is 0 Å². The van der Waals surface area contributed by atoms with Crippen LogP contribution in [0.5, 0.6) is 0 Å². The fourth-order valence-corrected chi connectivity index (χ4v) is 1.51. The quantitative estimate of drug-likeness (QED) is 0.900. The van der Waals surface area contributed by atoms with E-state index in [-0.39, 0.29) is 17.5 Å². The summed E-state index contributed by atoms with van der Waals surface area (Å²) in [6, 6.07) is 3.28. The number of nitrogens with one attached hydrogen (secondary N) is 1. The minimum absolute atomic E-state index is 0.0176. The number of carbonyl (C=O) groups is 1. The van der Waals surface area contributed by atoms with Gasteiger partial charge in [-0.15, -0.1) is 0 Å². The second-order valence-electron chi connectivity index (χ2n) is 3.61. The smallest absolute Gasteiger partial charge is 0.353 e. The molecule has 0 saturated carbocycles. The third-order valence-electron chi connectivity index (χ3n) is 2.03. The van der Waals surface area contributed by atoms with Crippen molar-refractivity contribution >= 4 is 23.6 Å². The summed E-state index contributed by atoms with van der Waals surface area (Å²) in [5.74, 6) is -0.207. The third-order valence-corrected chi connectivity index (χ3v) is 2.24. The maximum absolute atomic E-state index is 12.5. The normalized spacial score (nSPS) is 11.8. The van der Waals surface area contributed by atoms with E-state index in [2.05, 4.69) is 5.32 Å². The van der Waals surface area contributed by atoms with Gasteiger partial charge in [0, 0.05) is 18.5 Å². The fraction of sp³-hybridized carbons (Fsp3) is 0.250. The predicted molar refractivity (Wildman–Crippen MR) is 64.2 cm³/mol. The minimum atomic E-state index is -4.43. The van der Waals surface area contributed by atoms with E-state index in [1.807, 2.05) is 0 Å². The number of benzene rings is 1. The summed E-state index contributed by atoms with van der Waals surface area (Å²) in [6.45, 7) is 1.61. The fourth-order valence-electron chi connectivity index (χ4n) is 1.27. The molecule has 0 aromatic heterocycles. The van der Waals surface area contributed by atoms with Crippen LogP contribution in [0, 0.1) is 0 Å². The van der Waals surface area contributed by atoms with Gasteiger partial charge in [-0.05, 0) is 23.8 Å². The number of carbonyl (C=O) groups excluding carboxylic acids is 1. The van der Waals surface area contributed by atoms with Crippen molar-refractivity contribution < 1.29 is 18.0 Å². The molecule has 0 fully saturated rings. The highest BCUT2D eigenvalue weighted by molar-refractivity contribution is 6.30. The lowest BCUT2D eigenvalue weighted by molar-refractivity contribution is -0.137. The van der Waals surface area contributed by atoms with Crippen LogP contribution < -0.4 is 5.32 Å². The first-order valence-electron chi connectivity index (χ1n) is 5.08. The molecule has 0 aliphatic rings. The van der Waals surface area contributed by atoms with Gasteiger partial charge >= 0.3 is 6.18 Å². The molecule has 0 atom stereocenters. The molecule has 1 amide bonds. The van der Waals surface area contributed by atoms with Gasteiger partial charge in [0.05, 0.1) is 5.56 Å². The van der Waals surface area contributed by atoms with Gasteiger partial charge in [0.25, 0.3) is 0 Å². The number of amides is 1. The maximum Gasteiger partial charge on any atom is 0.416 e. The molecular formula is C12H11ClF3NO. The Labute approximate surface area is 107 Å². The van der Waals surface area contributed by atoms with Crippen molar-refractivity contribution in [3.05, 3.63) is 40.4 Å². The molecule has 1 N–H and O–H groups in total. The molecule has 0 aliphatic carbocycles. The van der Waals surface area contributed by atoms with Crippen LogP contribution in [0.2, 0.25) is 5.02 Å². The van der Waals surface area contributed by atoms with Crippen LogP contribution in [-0.4, -0.2) is 12.5 Å². The molecule has 0 heterocycles. The second-order valence-corrected chi connectivity index (χ2v) is 4.05. The highest BCUT2D eigenvalue weighted by Crippen LogP contribution is 2.32. The first-order chi connectivity index (χ1) is 8.29. The van der Waals surface area contributed by atoms with Crippen molar-refractivity contribution in [2.24, 2.45) is 0 Å². The summed E-state index contributed by atoms with van der Waals surface area (Å²) in [5, 5.41) is 2.51. The van der Waals surface area contributed by atoms with Crippen molar-refractivity contribution in [2.75, 3.05) is 6.54 Å². The number of halogens is 4. The van der Waals surface area contributed by atoms with Crippen molar-refractivity contribution in [2.45, 2.75) is 13.1 Å². The van der Waals surface area contributed by atoms with E-state index in [4.69, 9.17) is 11.6 Å². The molecule has 0 spiro atoms. The van der Waals surface area contributed by atoms with Crippen molar-refractivity contribution in [3.8, 4) is 0 Å². The Balaban J connectivity index is 2.84. The number of alkyl halides is 3. The number of hydrogen-bond donors (Lipinski definition) is 1. The van der Waals surface area contributed by atoms with Gasteiger partial charge in [-0.25, -0.2) is 0 Å². The van der Waals surface area contributed by atoms with E-state index in [1.54, 1.807) is 6.08 Å². The van der Waals surface area contributed by atoms with Gasteiger partial charge < -0.3 is 5.32 Å². The summed E-state index contributed by atoms with van der Waals surface area (Å²) >= 11 is 5.62. The van der Waals surface area contributed by atoms with Gasteiger partial charge in [0.1, 0.15) is 0 Å². The molecule has 1 aromatic rings. The molecule has 6 heteroatoms. The topological polar surface area (TPSA) is 29.1 Å². The molecule has 18 heavy (non-hydrogen) atoms. The summed E-state index contributed by atoms with van der Waals surface area (Å²) in [5.41, 5.74) is -0.464. The van der Waals surface area contributed by atoms with E-state index in [0.29, 0.717) is 5.56 Å². The highest BCUT2D eigenvalue weighted by Gasteiger charge is 2.30. The Bertz CT molecular complexity index is 469. The molecule has 0 saturated heterocycles. The van der Waals surface area contributed by atoms with Gasteiger partial charge in [0.15, 0.2) is 0 Å². The number of hydrogen-bond acceptors (Lipinski definition) is 1. The van der Waals surface area contributed by atoms with Crippen molar-refractivity contribution in [1.82, 2.24) is 5.32 Å². The van der Waals surface area contributed by atoms with Gasteiger partial charge in [-0.3, -0.25) is 4.79 Å². The molecule has 0 radical (unpaired) electrons. The Hall–Kier alpha value is -1.49. The molecule has 2 nitrogen and oxygen atoms in total. The predicted octanol–water partition coefficient (Wildman–Crippen LogP) is 3.51. The van der Waals surface area contributed by atoms with E-state index in [1.165, 1.54) is 19.1 Å². The Kier molecular flexibility index (Phi) is 4.78. The van der Waals surface area contributed by atoms with Crippen molar-refractivity contribution in [1.29, 1.82) is 0 Å². The Morgan fingerprint density at radius 3 is 2.61 bits per heavy atom. The van der Waals surface area contributed by atoms with E-state index < -0.39 is 11.7 Å². The summed E-state index contributed by atoms with van der Waals surface area (Å²) in [6.07, 6.45) is -1.41. The van der Waals surface area contributed by atoms with E-state index in [9.17, 15) is 18.0 Å². The SMILES string of the molecule is CC(=O)NCC=Cc1cc(Cl)cc(C(F)(F)F)c1. The second kappa shape index (κ2) is 5.91. The van der Waals surface area contributed by atoms with Crippen LogP contribution in [-0.2, 0) is 11.0 Å². The Morgan fingerprint density at radius 1 is 1.39 bits per heavy atom. The van der Waals surface area contributed by atoms with Crippen LogP contribution in [0.1, 0.15) is 18.1 Å². The zero-order chi connectivity index (χ0) is 13.8. The number of rotatable bonds is 3. The molecule has 0 aliphatic heterocycles. The summed E-state index contributed by atoms with van der Waals surface area (Å²) in [7, 11) is 0. The zero-order valence-electron chi connectivity index (χ0n) is 9.51. The minimum Gasteiger partial charge on any atom is -0.353 e. The molecule has 0 unspecified atom stereocenters. The van der Waals surface area contributed by atoms with Crippen LogP contribution in [0.25, 0.3) is 6.08 Å². The average Bonchev–Trinajstić information content (AvgIpc) is 2.22. The third kappa shape index (κ3) is 4.79.